The number of carboxylic acids is 1. The zero-order valence-electron chi connectivity index (χ0n) is 24.2. The minimum Gasteiger partial charge on any atom is -0.479 e. The van der Waals surface area contributed by atoms with Gasteiger partial charge in [0.15, 0.2) is 24.5 Å². The number of aromatic nitrogens is 2. The molecule has 0 spiro atoms. The second-order valence-corrected chi connectivity index (χ2v) is 14.1. The molecule has 3 rings (SSSR count). The third kappa shape index (κ3) is 9.71. The fourth-order valence-corrected chi connectivity index (χ4v) is 7.83. The number of ether oxygens (including phenoxy) is 5. The number of aliphatic hydroxyl groups excluding tert-OH is 2. The Morgan fingerprint density at radius 3 is 2.09 bits per heavy atom. The Morgan fingerprint density at radius 2 is 1.52 bits per heavy atom. The summed E-state index contributed by atoms with van der Waals surface area (Å²) in [4.78, 5) is 58.4. The van der Waals surface area contributed by atoms with Crippen molar-refractivity contribution in [2.24, 2.45) is 0 Å². The summed E-state index contributed by atoms with van der Waals surface area (Å²) in [6.45, 7) is 9.19. The van der Waals surface area contributed by atoms with Crippen LogP contribution < -0.4 is 11.2 Å². The first kappa shape index (κ1) is 37.8. The van der Waals surface area contributed by atoms with E-state index in [1.54, 1.807) is 0 Å². The molecule has 2 aliphatic heterocycles. The zero-order valence-corrected chi connectivity index (χ0v) is 26.0. The SMILES string of the molecule is C=CCO[C@@H]1[C@@H](OCC=C)[C@@H](OP(=O)(O)CP(=O)(O)OC[C@H]2O[C@@H](n3ccc(=O)[nH]c3=O)[C@H](O)[C@@H]2O)O[C@H](C(=O)O)[C@H]1OCC=C. The average Bonchev–Trinajstić information content (AvgIpc) is 3.25. The van der Waals surface area contributed by atoms with Crippen LogP contribution in [0.1, 0.15) is 6.23 Å². The second kappa shape index (κ2) is 16.5. The van der Waals surface area contributed by atoms with Gasteiger partial charge in [-0.25, -0.2) is 9.59 Å². The van der Waals surface area contributed by atoms with Gasteiger partial charge < -0.3 is 53.3 Å². The van der Waals surface area contributed by atoms with Crippen molar-refractivity contribution in [1.82, 2.24) is 9.55 Å². The fourth-order valence-electron chi connectivity index (χ4n) is 4.56. The Balaban J connectivity index is 1.75. The van der Waals surface area contributed by atoms with E-state index in [9.17, 15) is 48.6 Å². The number of hydrogen-bond donors (Lipinski definition) is 6. The van der Waals surface area contributed by atoms with E-state index >= 15 is 0 Å². The van der Waals surface area contributed by atoms with Crippen LogP contribution in [-0.2, 0) is 46.7 Å². The molecular formula is C25H36N2O17P2. The largest absolute Gasteiger partial charge is 0.479 e. The first-order chi connectivity index (χ1) is 21.6. The van der Waals surface area contributed by atoms with E-state index in [0.29, 0.717) is 0 Å². The lowest BCUT2D eigenvalue weighted by molar-refractivity contribution is -0.292. The Labute approximate surface area is 261 Å². The van der Waals surface area contributed by atoms with Crippen LogP contribution in [0.4, 0.5) is 0 Å². The molecule has 2 aliphatic rings. The smallest absolute Gasteiger partial charge is 0.342 e. The van der Waals surface area contributed by atoms with Gasteiger partial charge in [-0.2, -0.15) is 0 Å². The molecule has 1 aromatic heterocycles. The normalized spacial score (nSPS) is 32.2. The number of aliphatic carboxylic acids is 1. The van der Waals surface area contributed by atoms with Gasteiger partial charge in [-0.3, -0.25) is 28.0 Å². The highest BCUT2D eigenvalue weighted by Gasteiger charge is 2.54. The van der Waals surface area contributed by atoms with Crippen molar-refractivity contribution in [3.05, 3.63) is 71.1 Å². The summed E-state index contributed by atoms with van der Waals surface area (Å²) in [5, 5.41) is 30.5. The molecule has 3 heterocycles. The van der Waals surface area contributed by atoms with Crippen molar-refractivity contribution in [3.63, 3.8) is 0 Å². The molecule has 6 N–H and O–H groups in total. The molecule has 2 unspecified atom stereocenters. The van der Waals surface area contributed by atoms with Gasteiger partial charge in [0.1, 0.15) is 36.6 Å². The van der Waals surface area contributed by atoms with Crippen molar-refractivity contribution in [3.8, 4) is 0 Å². The summed E-state index contributed by atoms with van der Waals surface area (Å²) in [5.74, 6) is -3.10. The van der Waals surface area contributed by atoms with Crippen molar-refractivity contribution in [2.75, 3.05) is 32.3 Å². The van der Waals surface area contributed by atoms with Gasteiger partial charge in [0.2, 0.25) is 0 Å². The van der Waals surface area contributed by atoms with E-state index in [2.05, 4.69) is 19.7 Å². The van der Waals surface area contributed by atoms with Crippen molar-refractivity contribution < 1.29 is 71.8 Å². The number of hydrogen-bond acceptors (Lipinski definition) is 14. The van der Waals surface area contributed by atoms with Gasteiger partial charge in [0.05, 0.1) is 26.4 Å². The van der Waals surface area contributed by atoms with Crippen LogP contribution in [0.5, 0.6) is 0 Å². The molecule has 46 heavy (non-hydrogen) atoms. The Hall–Kier alpha value is -2.61. The third-order valence-electron chi connectivity index (χ3n) is 6.49. The molecule has 0 bridgehead atoms. The van der Waals surface area contributed by atoms with E-state index in [-0.39, 0.29) is 19.8 Å². The second-order valence-electron chi connectivity index (χ2n) is 9.90. The van der Waals surface area contributed by atoms with Crippen LogP contribution in [-0.4, -0.2) is 122 Å². The number of rotatable bonds is 18. The molecule has 0 aromatic carbocycles. The molecule has 0 aliphatic carbocycles. The first-order valence-electron chi connectivity index (χ1n) is 13.5. The lowest BCUT2D eigenvalue weighted by Crippen LogP contribution is -2.62. The summed E-state index contributed by atoms with van der Waals surface area (Å²) < 4.78 is 64.5. The van der Waals surface area contributed by atoms with Crippen LogP contribution in [0.2, 0.25) is 0 Å². The van der Waals surface area contributed by atoms with Crippen LogP contribution in [0.3, 0.4) is 0 Å². The quantitative estimate of drug-likeness (QED) is 0.0796. The molecule has 0 radical (unpaired) electrons. The maximum absolute atomic E-state index is 13.1. The molecule has 2 fully saturated rings. The first-order valence-corrected chi connectivity index (χ1v) is 17.0. The maximum Gasteiger partial charge on any atom is 0.342 e. The minimum absolute atomic E-state index is 0.131. The van der Waals surface area contributed by atoms with Crippen LogP contribution in [0.25, 0.3) is 0 Å². The molecule has 1 aromatic rings. The topological polar surface area (TPSA) is 272 Å². The fraction of sp³-hybridized carbons (Fsp3) is 0.560. The van der Waals surface area contributed by atoms with Crippen molar-refractivity contribution in [1.29, 1.82) is 0 Å². The highest BCUT2D eigenvalue weighted by molar-refractivity contribution is 7.70. The molecule has 21 heteroatoms. The van der Waals surface area contributed by atoms with E-state index in [4.69, 9.17) is 32.7 Å². The van der Waals surface area contributed by atoms with E-state index < -0.39 is 100 Å². The summed E-state index contributed by atoms with van der Waals surface area (Å²) in [7, 11) is -10.2. The van der Waals surface area contributed by atoms with Gasteiger partial charge in [-0.05, 0) is 0 Å². The van der Waals surface area contributed by atoms with Gasteiger partial charge in [0.25, 0.3) is 5.56 Å². The lowest BCUT2D eigenvalue weighted by Gasteiger charge is -2.44. The lowest BCUT2D eigenvalue weighted by atomic mass is 9.98. The van der Waals surface area contributed by atoms with Crippen molar-refractivity contribution >= 4 is 21.2 Å². The number of nitrogens with zero attached hydrogens (tertiary/aromatic N) is 1. The number of H-pyrrole nitrogens is 1. The average molecular weight is 699 g/mol. The Kier molecular flexibility index (Phi) is 13.6. The highest BCUT2D eigenvalue weighted by Crippen LogP contribution is 2.59. The van der Waals surface area contributed by atoms with E-state index in [1.807, 2.05) is 4.98 Å². The number of carboxylic acid groups (broad SMARTS) is 1. The third-order valence-corrected chi connectivity index (χ3v) is 10.4. The van der Waals surface area contributed by atoms with Crippen LogP contribution in [0.15, 0.2) is 59.8 Å². The summed E-state index contributed by atoms with van der Waals surface area (Å²) in [5.41, 5.74) is -1.71. The van der Waals surface area contributed by atoms with Crippen LogP contribution in [0, 0.1) is 0 Å². The molecule has 11 atom stereocenters. The van der Waals surface area contributed by atoms with Gasteiger partial charge >= 0.3 is 26.9 Å². The number of aliphatic hydroxyl groups is 2. The highest BCUT2D eigenvalue weighted by atomic mass is 31.2. The summed E-state index contributed by atoms with van der Waals surface area (Å²) in [6, 6.07) is 0.957. The molecule has 258 valence electrons. The number of nitrogens with one attached hydrogen (secondary N) is 1. The predicted molar refractivity (Wildman–Crippen MR) is 155 cm³/mol. The summed E-state index contributed by atoms with van der Waals surface area (Å²) >= 11 is 0. The standard InChI is InChI=1S/C25H36N2O17P2/c1-4-9-38-18-19(39-10-5-2)21(40-11-6-3)24(43-20(18)23(31)32)44-46(36,37)13-45(34,35)41-12-14-16(29)17(30)22(42-14)27-8-7-15(28)26-25(27)33/h4-8,14,16-22,24,29-30H,1-3,9-13H2,(H,31,32)(H,34,35)(H,36,37)(H,26,28,33)/t14-,16-,17-,18+,19+,20+,21-,22-,24-/m1/s1. The Bertz CT molecular complexity index is 1450. The maximum atomic E-state index is 13.1. The molecule has 0 saturated carbocycles. The molecule has 0 amide bonds. The Morgan fingerprint density at radius 1 is 0.935 bits per heavy atom. The number of carbonyl (C=O) groups is 1. The molecule has 2 saturated heterocycles. The molecular weight excluding hydrogens is 662 g/mol. The minimum atomic E-state index is -5.19. The predicted octanol–water partition coefficient (Wildman–Crippen LogP) is -0.960. The van der Waals surface area contributed by atoms with Crippen molar-refractivity contribution in [2.45, 2.75) is 55.2 Å². The zero-order chi connectivity index (χ0) is 34.2. The number of aromatic amines is 1. The molecule has 19 nitrogen and oxygen atoms in total. The van der Waals surface area contributed by atoms with Gasteiger partial charge in [-0.1, -0.05) is 18.2 Å². The van der Waals surface area contributed by atoms with Gasteiger partial charge in [-0.15, -0.1) is 19.7 Å². The van der Waals surface area contributed by atoms with Gasteiger partial charge in [0, 0.05) is 12.3 Å². The van der Waals surface area contributed by atoms with E-state index in [1.165, 1.54) is 18.2 Å². The van der Waals surface area contributed by atoms with Crippen LogP contribution >= 0.6 is 15.2 Å². The van der Waals surface area contributed by atoms with E-state index in [0.717, 1.165) is 16.8 Å². The monoisotopic (exact) mass is 698 g/mol. The summed E-state index contributed by atoms with van der Waals surface area (Å²) in [6.07, 6.45) is -9.36.